The lowest BCUT2D eigenvalue weighted by molar-refractivity contribution is -0.143. The number of nitrogens with two attached hydrogens (primary N) is 1. The molecule has 0 fully saturated rings. The molecule has 4 unspecified atom stereocenters. The molecule has 15 nitrogen and oxygen atoms in total. The molecule has 0 aliphatic rings. The van der Waals surface area contributed by atoms with E-state index < -0.39 is 60.2 Å². The van der Waals surface area contributed by atoms with Crippen LogP contribution in [0.1, 0.15) is 29.7 Å². The average molecular weight is 634 g/mol. The molecule has 0 bridgehead atoms. The molecule has 0 aliphatic heterocycles. The summed E-state index contributed by atoms with van der Waals surface area (Å²) in [5.41, 5.74) is 8.71. The SMILES string of the molecule is NC(Cc1cnc[nH]1)C(=O)NC(Cc1ccc(O)cc1)C(=O)NC(Cc1c[nH]c2ccccc12)C(=O)NC(CCC(=O)O)C(=O)O. The van der Waals surface area contributed by atoms with Crippen molar-refractivity contribution in [2.24, 2.45) is 5.73 Å². The van der Waals surface area contributed by atoms with Crippen molar-refractivity contribution in [1.82, 2.24) is 30.9 Å². The molecule has 4 atom stereocenters. The number of hydrogen-bond donors (Lipinski definition) is 9. The number of carbonyl (C=O) groups is 5. The number of benzene rings is 2. The highest BCUT2D eigenvalue weighted by Gasteiger charge is 2.31. The molecule has 0 saturated heterocycles. The summed E-state index contributed by atoms with van der Waals surface area (Å²) >= 11 is 0. The number of carboxylic acids is 2. The molecule has 242 valence electrons. The summed E-state index contributed by atoms with van der Waals surface area (Å²) in [6, 6.07) is 8.13. The molecular formula is C31H35N7O8. The van der Waals surface area contributed by atoms with Crippen molar-refractivity contribution in [3.8, 4) is 5.75 Å². The first-order chi connectivity index (χ1) is 22.0. The maximum Gasteiger partial charge on any atom is 0.326 e. The van der Waals surface area contributed by atoms with Crippen molar-refractivity contribution in [3.05, 3.63) is 84.1 Å². The topological polar surface area (TPSA) is 253 Å². The first-order valence-corrected chi connectivity index (χ1v) is 14.4. The zero-order chi connectivity index (χ0) is 33.2. The molecule has 3 amide bonds. The molecular weight excluding hydrogens is 598 g/mol. The number of hydrogen-bond acceptors (Lipinski definition) is 8. The van der Waals surface area contributed by atoms with Crippen LogP contribution in [0, 0.1) is 0 Å². The second kappa shape index (κ2) is 15.3. The zero-order valence-corrected chi connectivity index (χ0v) is 24.6. The lowest BCUT2D eigenvalue weighted by Crippen LogP contribution is -2.58. The summed E-state index contributed by atoms with van der Waals surface area (Å²) in [7, 11) is 0. The lowest BCUT2D eigenvalue weighted by atomic mass is 10.0. The van der Waals surface area contributed by atoms with Gasteiger partial charge in [0.15, 0.2) is 0 Å². The summed E-state index contributed by atoms with van der Waals surface area (Å²) < 4.78 is 0. The number of aromatic amines is 2. The van der Waals surface area contributed by atoms with Gasteiger partial charge in [-0.2, -0.15) is 0 Å². The van der Waals surface area contributed by atoms with E-state index in [0.29, 0.717) is 16.8 Å². The van der Waals surface area contributed by atoms with Gasteiger partial charge in [0, 0.05) is 54.7 Å². The van der Waals surface area contributed by atoms with Gasteiger partial charge in [-0.3, -0.25) is 19.2 Å². The fourth-order valence-corrected chi connectivity index (χ4v) is 4.88. The number of phenols is 1. The predicted molar refractivity (Wildman–Crippen MR) is 164 cm³/mol. The quantitative estimate of drug-likeness (QED) is 0.0818. The van der Waals surface area contributed by atoms with E-state index in [1.165, 1.54) is 24.7 Å². The van der Waals surface area contributed by atoms with Crippen LogP contribution in [-0.4, -0.2) is 84.1 Å². The molecule has 2 heterocycles. The predicted octanol–water partition coefficient (Wildman–Crippen LogP) is 0.356. The summed E-state index contributed by atoms with van der Waals surface area (Å²) in [5, 5.41) is 36.8. The fraction of sp³-hybridized carbons (Fsp3) is 0.290. The van der Waals surface area contributed by atoms with Gasteiger partial charge >= 0.3 is 11.9 Å². The number of para-hydroxylation sites is 1. The third kappa shape index (κ3) is 9.15. The molecule has 4 rings (SSSR count). The highest BCUT2D eigenvalue weighted by molar-refractivity contribution is 5.95. The molecule has 0 saturated carbocycles. The Morgan fingerprint density at radius 2 is 1.46 bits per heavy atom. The van der Waals surface area contributed by atoms with Crippen molar-refractivity contribution in [2.45, 2.75) is 56.3 Å². The molecule has 46 heavy (non-hydrogen) atoms. The average Bonchev–Trinajstić information content (AvgIpc) is 3.69. The Hall–Kier alpha value is -5.70. The second-order valence-corrected chi connectivity index (χ2v) is 10.8. The van der Waals surface area contributed by atoms with Crippen molar-refractivity contribution >= 4 is 40.6 Å². The number of aromatic hydroxyl groups is 1. The number of phenolic OH excluding ortho intramolecular Hbond substituents is 1. The van der Waals surface area contributed by atoms with E-state index in [4.69, 9.17) is 10.8 Å². The van der Waals surface area contributed by atoms with Crippen LogP contribution in [0.4, 0.5) is 0 Å². The summed E-state index contributed by atoms with van der Waals surface area (Å²) in [5.74, 6) is -4.93. The summed E-state index contributed by atoms with van der Waals surface area (Å²) in [6.45, 7) is 0. The largest absolute Gasteiger partial charge is 0.508 e. The lowest BCUT2D eigenvalue weighted by Gasteiger charge is -2.25. The van der Waals surface area contributed by atoms with Gasteiger partial charge in [-0.15, -0.1) is 0 Å². The summed E-state index contributed by atoms with van der Waals surface area (Å²) in [6.07, 6.45) is 3.75. The van der Waals surface area contributed by atoms with Gasteiger partial charge in [0.25, 0.3) is 0 Å². The molecule has 2 aromatic carbocycles. The van der Waals surface area contributed by atoms with Crippen molar-refractivity contribution in [2.75, 3.05) is 0 Å². The van der Waals surface area contributed by atoms with Crippen LogP contribution in [0.2, 0.25) is 0 Å². The minimum atomic E-state index is -1.53. The minimum Gasteiger partial charge on any atom is -0.508 e. The Kier molecular flexibility index (Phi) is 11.1. The van der Waals surface area contributed by atoms with E-state index in [0.717, 1.165) is 10.9 Å². The number of aromatic nitrogens is 3. The first-order valence-electron chi connectivity index (χ1n) is 14.4. The number of rotatable bonds is 16. The van der Waals surface area contributed by atoms with Crippen LogP contribution < -0.4 is 21.7 Å². The Morgan fingerprint density at radius 1 is 0.804 bits per heavy atom. The van der Waals surface area contributed by atoms with E-state index in [9.17, 15) is 34.2 Å². The molecule has 4 aromatic rings. The molecule has 0 radical (unpaired) electrons. The molecule has 10 N–H and O–H groups in total. The fourth-order valence-electron chi connectivity index (χ4n) is 4.88. The smallest absolute Gasteiger partial charge is 0.326 e. The van der Waals surface area contributed by atoms with Crippen molar-refractivity contribution < 1.29 is 39.3 Å². The van der Waals surface area contributed by atoms with Crippen LogP contribution in [-0.2, 0) is 43.2 Å². The number of nitrogens with one attached hydrogen (secondary N) is 5. The van der Waals surface area contributed by atoms with Crippen LogP contribution in [0.5, 0.6) is 5.75 Å². The van der Waals surface area contributed by atoms with Crippen molar-refractivity contribution in [3.63, 3.8) is 0 Å². The Bertz CT molecular complexity index is 1670. The van der Waals surface area contributed by atoms with Gasteiger partial charge in [-0.25, -0.2) is 9.78 Å². The maximum absolute atomic E-state index is 13.8. The molecule has 0 spiro atoms. The number of nitrogens with zero attached hydrogens (tertiary/aromatic N) is 1. The van der Waals surface area contributed by atoms with Gasteiger partial charge < -0.3 is 47.0 Å². The van der Waals surface area contributed by atoms with Gasteiger partial charge in [0.1, 0.15) is 23.9 Å². The Morgan fingerprint density at radius 3 is 2.11 bits per heavy atom. The Balaban J connectivity index is 1.59. The van der Waals surface area contributed by atoms with Crippen molar-refractivity contribution in [1.29, 1.82) is 0 Å². The highest BCUT2D eigenvalue weighted by atomic mass is 16.4. The summed E-state index contributed by atoms with van der Waals surface area (Å²) in [4.78, 5) is 73.2. The van der Waals surface area contributed by atoms with Gasteiger partial charge in [-0.05, 0) is 35.7 Å². The third-order valence-corrected chi connectivity index (χ3v) is 7.33. The van der Waals surface area contributed by atoms with Crippen LogP contribution in [0.15, 0.2) is 67.3 Å². The number of carbonyl (C=O) groups excluding carboxylic acids is 3. The third-order valence-electron chi connectivity index (χ3n) is 7.33. The number of imidazole rings is 1. The molecule has 2 aromatic heterocycles. The van der Waals surface area contributed by atoms with Crippen LogP contribution in [0.25, 0.3) is 10.9 Å². The monoisotopic (exact) mass is 633 g/mol. The van der Waals surface area contributed by atoms with E-state index in [-0.39, 0.29) is 31.4 Å². The van der Waals surface area contributed by atoms with Gasteiger partial charge in [0.2, 0.25) is 17.7 Å². The Labute approximate surface area is 262 Å². The highest BCUT2D eigenvalue weighted by Crippen LogP contribution is 2.20. The second-order valence-electron chi connectivity index (χ2n) is 10.8. The van der Waals surface area contributed by atoms with E-state index in [2.05, 4.69) is 30.9 Å². The molecule has 15 heteroatoms. The van der Waals surface area contributed by atoms with E-state index in [1.54, 1.807) is 24.4 Å². The number of fused-ring (bicyclic) bond motifs is 1. The zero-order valence-electron chi connectivity index (χ0n) is 24.6. The number of amides is 3. The van der Waals surface area contributed by atoms with E-state index >= 15 is 0 Å². The number of H-pyrrole nitrogens is 2. The molecule has 0 aliphatic carbocycles. The maximum atomic E-state index is 13.8. The first kappa shape index (κ1) is 33.2. The minimum absolute atomic E-state index is 0.00159. The standard InChI is InChI=1S/C31H35N7O8/c32-22(13-19-15-33-16-35-19)28(42)37-25(11-17-5-7-20(39)8-6-17)29(43)38-26(12-18-14-34-23-4-2-1-3-21(18)23)30(44)36-24(31(45)46)9-10-27(40)41/h1-8,14-16,22,24-26,34,39H,9-13,32H2,(H,33,35)(H,36,44)(H,37,42)(H,38,43)(H,40,41)(H,45,46). The number of aliphatic carboxylic acids is 2. The van der Waals surface area contributed by atoms with E-state index in [1.807, 2.05) is 18.2 Å². The van der Waals surface area contributed by atoms with Gasteiger partial charge in [0.05, 0.1) is 12.4 Å². The van der Waals surface area contributed by atoms with Crippen LogP contribution >= 0.6 is 0 Å². The van der Waals surface area contributed by atoms with Gasteiger partial charge in [-0.1, -0.05) is 30.3 Å². The number of carboxylic acid groups (broad SMARTS) is 2. The van der Waals surface area contributed by atoms with Crippen LogP contribution in [0.3, 0.4) is 0 Å². The normalized spacial score (nSPS) is 13.7.